The molecule has 3 saturated heterocycles. The second kappa shape index (κ2) is 23.4. The van der Waals surface area contributed by atoms with Gasteiger partial charge in [0.25, 0.3) is 0 Å². The fourth-order valence-electron chi connectivity index (χ4n) is 9.89. The lowest BCUT2D eigenvalue weighted by molar-refractivity contribution is -0.319. The molecule has 0 saturated carbocycles. The molecule has 0 radical (unpaired) electrons. The molecule has 17 heteroatoms. The largest absolute Gasteiger partial charge is 0.459 e. The number of hydrogen-bond donors (Lipinski definition) is 3. The number of ether oxygens (including phenoxy) is 10. The Hall–Kier alpha value is -2.03. The van der Waals surface area contributed by atoms with Gasteiger partial charge in [-0.3, -0.25) is 9.59 Å². The zero-order chi connectivity index (χ0) is 46.9. The average Bonchev–Trinajstić information content (AvgIpc) is 3.21. The number of rotatable bonds is 15. The van der Waals surface area contributed by atoms with Crippen molar-refractivity contribution in [1.82, 2.24) is 10.2 Å². The molecule has 3 rings (SSSR count). The minimum absolute atomic E-state index is 0.0892. The standard InChI is InChI=1S/C45H82N2O15/c1-17-32-45(11,52)38(53-14)27(5)34(48)25(3)23-43(9,54-15)37(61-41-35(49)31(47(12)13)22-26(4)57-41)28(6)36(29(7)40(50)59-32)60-33-24-44(10,55-16)39(30(8)58-33)62-42(51)46-20-19-21-56-18-2/h25-33,35-39,41,49,52H,17-24H2,1-16H3,(H,46,51)/t25-,26-,27+,28+,29-,30+,31+,32-,33+,35-,36+,37-,38-,39+,41+,43-,44-,45-/m1/s1. The first-order valence-electron chi connectivity index (χ1n) is 22.5. The molecule has 3 aliphatic heterocycles. The minimum Gasteiger partial charge on any atom is -0.459 e. The van der Waals surface area contributed by atoms with Crippen LogP contribution in [0.15, 0.2) is 0 Å². The first kappa shape index (κ1) is 54.3. The number of aliphatic hydroxyl groups excluding tert-OH is 1. The summed E-state index contributed by atoms with van der Waals surface area (Å²) in [4.78, 5) is 43.8. The van der Waals surface area contributed by atoms with Gasteiger partial charge in [-0.15, -0.1) is 0 Å². The average molecular weight is 891 g/mol. The Morgan fingerprint density at radius 1 is 0.887 bits per heavy atom. The Balaban J connectivity index is 2.15. The number of alkyl carbamates (subject to hydrolysis) is 1. The number of methoxy groups -OCH3 is 3. The zero-order valence-electron chi connectivity index (χ0n) is 40.5. The van der Waals surface area contributed by atoms with Crippen molar-refractivity contribution in [2.24, 2.45) is 23.7 Å². The van der Waals surface area contributed by atoms with Crippen LogP contribution in [-0.4, -0.2) is 172 Å². The summed E-state index contributed by atoms with van der Waals surface area (Å²) in [6.45, 7) is 21.0. The van der Waals surface area contributed by atoms with Gasteiger partial charge >= 0.3 is 12.1 Å². The van der Waals surface area contributed by atoms with Gasteiger partial charge in [0.15, 0.2) is 18.7 Å². The number of likely N-dealkylation sites (N-methyl/N-ethyl adjacent to an activating group) is 1. The molecule has 62 heavy (non-hydrogen) atoms. The van der Waals surface area contributed by atoms with Crippen LogP contribution < -0.4 is 5.32 Å². The normalized spacial score (nSPS) is 42.9. The molecule has 3 N–H and O–H groups in total. The van der Waals surface area contributed by atoms with E-state index in [1.807, 2.05) is 53.6 Å². The molecule has 0 unspecified atom stereocenters. The van der Waals surface area contributed by atoms with Gasteiger partial charge in [0.1, 0.15) is 29.2 Å². The van der Waals surface area contributed by atoms with E-state index in [2.05, 4.69) is 5.32 Å². The molecule has 0 aromatic carbocycles. The first-order chi connectivity index (χ1) is 29.0. The van der Waals surface area contributed by atoms with Gasteiger partial charge in [-0.1, -0.05) is 27.7 Å². The predicted octanol–water partition coefficient (Wildman–Crippen LogP) is 4.25. The third kappa shape index (κ3) is 12.9. The fourth-order valence-corrected chi connectivity index (χ4v) is 9.89. The van der Waals surface area contributed by atoms with Crippen LogP contribution in [0.5, 0.6) is 0 Å². The van der Waals surface area contributed by atoms with Crippen molar-refractivity contribution in [3.8, 4) is 0 Å². The Kier molecular flexibility index (Phi) is 20.5. The number of esters is 1. The molecule has 362 valence electrons. The molecule has 1 amide bonds. The molecular formula is C45H82N2O15. The van der Waals surface area contributed by atoms with Crippen molar-refractivity contribution in [3.05, 3.63) is 0 Å². The summed E-state index contributed by atoms with van der Waals surface area (Å²) in [6, 6.07) is -0.297. The quantitative estimate of drug-likeness (QED) is 0.156. The molecule has 0 aromatic heterocycles. The lowest BCUT2D eigenvalue weighted by Crippen LogP contribution is -2.62. The number of Topliss-reactive ketones (excluding diaryl/α,β-unsaturated/α-hetero) is 1. The minimum atomic E-state index is -1.77. The van der Waals surface area contributed by atoms with Gasteiger partial charge in [-0.25, -0.2) is 4.79 Å². The van der Waals surface area contributed by atoms with Gasteiger partial charge in [0.2, 0.25) is 0 Å². The molecular weight excluding hydrogens is 808 g/mol. The molecule has 3 fully saturated rings. The van der Waals surface area contributed by atoms with E-state index in [4.69, 9.17) is 47.4 Å². The summed E-state index contributed by atoms with van der Waals surface area (Å²) >= 11 is 0. The monoisotopic (exact) mass is 891 g/mol. The number of nitrogens with one attached hydrogen (secondary N) is 1. The van der Waals surface area contributed by atoms with Crippen molar-refractivity contribution in [3.63, 3.8) is 0 Å². The van der Waals surface area contributed by atoms with E-state index in [1.54, 1.807) is 34.6 Å². The third-order valence-corrected chi connectivity index (χ3v) is 13.6. The highest BCUT2D eigenvalue weighted by Gasteiger charge is 2.55. The maximum Gasteiger partial charge on any atom is 0.407 e. The maximum absolute atomic E-state index is 14.5. The van der Waals surface area contributed by atoms with Crippen molar-refractivity contribution in [2.45, 2.75) is 193 Å². The van der Waals surface area contributed by atoms with Crippen molar-refractivity contribution in [2.75, 3.05) is 55.2 Å². The number of aliphatic hydroxyl groups is 2. The number of carbonyl (C=O) groups is 3. The van der Waals surface area contributed by atoms with Crippen LogP contribution in [0.3, 0.4) is 0 Å². The van der Waals surface area contributed by atoms with Crippen LogP contribution in [0.25, 0.3) is 0 Å². The number of cyclic esters (lactones) is 1. The number of ketones is 1. The van der Waals surface area contributed by atoms with Crippen LogP contribution in [0.4, 0.5) is 4.79 Å². The van der Waals surface area contributed by atoms with Crippen LogP contribution >= 0.6 is 0 Å². The van der Waals surface area contributed by atoms with Crippen molar-refractivity contribution >= 4 is 17.8 Å². The lowest BCUT2D eigenvalue weighted by atomic mass is 9.73. The maximum atomic E-state index is 14.5. The van der Waals surface area contributed by atoms with Crippen LogP contribution in [-0.2, 0) is 57.0 Å². The van der Waals surface area contributed by atoms with Crippen LogP contribution in [0.1, 0.15) is 108 Å². The molecule has 0 bridgehead atoms. The van der Waals surface area contributed by atoms with Gasteiger partial charge in [-0.05, 0) is 88.2 Å². The van der Waals surface area contributed by atoms with E-state index in [0.717, 1.165) is 0 Å². The molecule has 3 heterocycles. The van der Waals surface area contributed by atoms with Crippen molar-refractivity contribution in [1.29, 1.82) is 0 Å². The molecule has 3 aliphatic rings. The topological polar surface area (TPSA) is 199 Å². The summed E-state index contributed by atoms with van der Waals surface area (Å²) in [7, 11) is 8.25. The highest BCUT2D eigenvalue weighted by Crippen LogP contribution is 2.42. The Morgan fingerprint density at radius 3 is 2.08 bits per heavy atom. The lowest BCUT2D eigenvalue weighted by Gasteiger charge is -2.50. The van der Waals surface area contributed by atoms with E-state index >= 15 is 0 Å². The highest BCUT2D eigenvalue weighted by molar-refractivity contribution is 5.83. The summed E-state index contributed by atoms with van der Waals surface area (Å²) in [5, 5.41) is 26.6. The second-order valence-corrected chi connectivity index (χ2v) is 18.7. The summed E-state index contributed by atoms with van der Waals surface area (Å²) in [5.41, 5.74) is -4.12. The van der Waals surface area contributed by atoms with Crippen LogP contribution in [0.2, 0.25) is 0 Å². The summed E-state index contributed by atoms with van der Waals surface area (Å²) < 4.78 is 62.3. The van der Waals surface area contributed by atoms with E-state index in [0.29, 0.717) is 32.6 Å². The van der Waals surface area contributed by atoms with Gasteiger partial charge < -0.3 is 67.8 Å². The summed E-state index contributed by atoms with van der Waals surface area (Å²) in [6.07, 6.45) is -8.15. The number of nitrogens with zero attached hydrogens (tertiary/aromatic N) is 1. The number of hydrogen-bond acceptors (Lipinski definition) is 16. The highest BCUT2D eigenvalue weighted by atomic mass is 16.7. The zero-order valence-corrected chi connectivity index (χ0v) is 40.5. The van der Waals surface area contributed by atoms with Gasteiger partial charge in [0, 0.05) is 71.3 Å². The molecule has 0 aromatic rings. The SMILES string of the molecule is CCOCCCNC(=O)O[C@H]1[C@H](C)O[C@@H](O[C@H]2[C@H](C)[C@@H](O[C@@H]3O[C@H](C)C[C@H](N(C)C)[C@H]3O)[C@](C)(OC)C[C@@H](C)C(=O)[C@H](C)[C@@H](OC)[C@](C)(O)[C@@H](CC)OC(=O)[C@@H]2C)C[C@@]1(C)OC. The second-order valence-electron chi connectivity index (χ2n) is 18.7. The summed E-state index contributed by atoms with van der Waals surface area (Å²) in [5.74, 6) is -4.08. The fraction of sp³-hybridized carbons (Fsp3) is 0.933. The van der Waals surface area contributed by atoms with E-state index in [-0.39, 0.29) is 37.2 Å². The van der Waals surface area contributed by atoms with E-state index < -0.39 is 108 Å². The third-order valence-electron chi connectivity index (χ3n) is 13.6. The van der Waals surface area contributed by atoms with Crippen molar-refractivity contribution < 1.29 is 72.0 Å². The molecule has 0 aliphatic carbocycles. The van der Waals surface area contributed by atoms with E-state index in [1.165, 1.54) is 28.3 Å². The Bertz CT molecular complexity index is 1420. The van der Waals surface area contributed by atoms with Gasteiger partial charge in [0.05, 0.1) is 42.0 Å². The first-order valence-corrected chi connectivity index (χ1v) is 22.5. The molecule has 18 atom stereocenters. The Morgan fingerprint density at radius 2 is 1.52 bits per heavy atom. The smallest absolute Gasteiger partial charge is 0.407 e. The number of carbonyl (C=O) groups excluding carboxylic acids is 3. The molecule has 17 nitrogen and oxygen atoms in total. The van der Waals surface area contributed by atoms with E-state index in [9.17, 15) is 24.6 Å². The van der Waals surface area contributed by atoms with Gasteiger partial charge in [-0.2, -0.15) is 0 Å². The Labute approximate surface area is 370 Å². The predicted molar refractivity (Wildman–Crippen MR) is 229 cm³/mol. The van der Waals surface area contributed by atoms with Crippen LogP contribution in [0, 0.1) is 23.7 Å². The number of amides is 1. The molecule has 0 spiro atoms.